The van der Waals surface area contributed by atoms with Crippen molar-refractivity contribution in [2.24, 2.45) is 16.2 Å². The van der Waals surface area contributed by atoms with Gasteiger partial charge in [0.1, 0.15) is 5.60 Å². The third-order valence-electron chi connectivity index (χ3n) is 4.25. The van der Waals surface area contributed by atoms with Crippen molar-refractivity contribution < 1.29 is 14.3 Å². The van der Waals surface area contributed by atoms with Crippen molar-refractivity contribution in [1.82, 2.24) is 0 Å². The molecule has 0 rings (SSSR count). The Morgan fingerprint density at radius 3 is 1.26 bits per heavy atom. The molecule has 0 N–H and O–H groups in total. The Morgan fingerprint density at radius 1 is 0.556 bits per heavy atom. The molecule has 3 heteroatoms. The summed E-state index contributed by atoms with van der Waals surface area (Å²) in [5, 5.41) is 0. The van der Waals surface area contributed by atoms with Crippen LogP contribution in [-0.2, 0) is 14.3 Å². The van der Waals surface area contributed by atoms with Crippen LogP contribution in [0, 0.1) is 16.2 Å². The van der Waals surface area contributed by atoms with Gasteiger partial charge in [-0.15, -0.1) is 0 Å². The van der Waals surface area contributed by atoms with Gasteiger partial charge in [0.2, 0.25) is 0 Å². The molecule has 0 fully saturated rings. The van der Waals surface area contributed by atoms with Gasteiger partial charge in [0, 0.05) is 0 Å². The van der Waals surface area contributed by atoms with Crippen molar-refractivity contribution >= 4 is 5.97 Å². The van der Waals surface area contributed by atoms with E-state index in [0.717, 1.165) is 12.8 Å². The summed E-state index contributed by atoms with van der Waals surface area (Å²) in [6, 6.07) is 0. The average molecular weight is 385 g/mol. The maximum Gasteiger partial charge on any atom is 0.312 e. The quantitative estimate of drug-likeness (QED) is 0.416. The molecular weight excluding hydrogens is 336 g/mol. The maximum atomic E-state index is 13.0. The Bertz CT molecular complexity index is 497. The molecule has 0 saturated heterocycles. The summed E-state index contributed by atoms with van der Waals surface area (Å²) in [6.07, 6.45) is 2.38. The van der Waals surface area contributed by atoms with E-state index in [-0.39, 0.29) is 22.4 Å². The molecule has 0 amide bonds. The number of esters is 1. The lowest BCUT2D eigenvalue weighted by Gasteiger charge is -2.43. The van der Waals surface area contributed by atoms with Gasteiger partial charge in [-0.1, -0.05) is 41.5 Å². The molecular formula is C24H48O3. The normalized spacial score (nSPS) is 15.0. The summed E-state index contributed by atoms with van der Waals surface area (Å²) >= 11 is 0. The maximum absolute atomic E-state index is 13.0. The van der Waals surface area contributed by atoms with Gasteiger partial charge in [0.15, 0.2) is 0 Å². The molecule has 0 saturated carbocycles. The van der Waals surface area contributed by atoms with Gasteiger partial charge < -0.3 is 9.47 Å². The fourth-order valence-electron chi connectivity index (χ4n) is 4.94. The lowest BCUT2D eigenvalue weighted by molar-refractivity contribution is -0.182. The second-order valence-corrected chi connectivity index (χ2v) is 13.3. The number of ether oxygens (including phenoxy) is 2. The highest BCUT2D eigenvalue weighted by Crippen LogP contribution is 2.39. The van der Waals surface area contributed by atoms with Crippen LogP contribution in [0.15, 0.2) is 0 Å². The minimum atomic E-state index is -0.615. The van der Waals surface area contributed by atoms with Crippen LogP contribution < -0.4 is 0 Å². The molecule has 0 radical (unpaired) electrons. The van der Waals surface area contributed by atoms with E-state index in [9.17, 15) is 4.79 Å². The van der Waals surface area contributed by atoms with Crippen LogP contribution in [0.1, 0.15) is 116 Å². The summed E-state index contributed by atoms with van der Waals surface area (Å²) in [5.41, 5.74) is -1.49. The lowest BCUT2D eigenvalue weighted by atomic mass is 9.79. The molecule has 0 aromatic rings. The zero-order valence-electron chi connectivity index (χ0n) is 20.8. The molecule has 0 spiro atoms. The molecule has 27 heavy (non-hydrogen) atoms. The summed E-state index contributed by atoms with van der Waals surface area (Å²) in [7, 11) is 0. The summed E-state index contributed by atoms with van der Waals surface area (Å²) < 4.78 is 12.4. The Kier molecular flexibility index (Phi) is 7.88. The average Bonchev–Trinajstić information content (AvgIpc) is 2.15. The molecule has 162 valence electrons. The first kappa shape index (κ1) is 26.4. The Balaban J connectivity index is 5.13. The number of carbonyl (C=O) groups excluding carboxylic acids is 1. The van der Waals surface area contributed by atoms with Crippen molar-refractivity contribution in [2.75, 3.05) is 0 Å². The van der Waals surface area contributed by atoms with Crippen molar-refractivity contribution in [1.29, 1.82) is 0 Å². The zero-order valence-corrected chi connectivity index (χ0v) is 20.8. The van der Waals surface area contributed by atoms with Crippen LogP contribution in [0.4, 0.5) is 0 Å². The lowest BCUT2D eigenvalue weighted by Crippen LogP contribution is -2.45. The summed E-state index contributed by atoms with van der Waals surface area (Å²) in [5.74, 6) is -0.151. The smallest absolute Gasteiger partial charge is 0.312 e. The zero-order chi connectivity index (χ0) is 22.1. The standard InChI is InChI=1S/C24H48O3/c1-19(2,3)15-22(9,10)26-18(25)21(7,8)17-24(13,14)27-23(11,12)16-20(4,5)6/h15-17H2,1-14H3. The molecule has 3 nitrogen and oxygen atoms in total. The van der Waals surface area contributed by atoms with E-state index < -0.39 is 16.6 Å². The SMILES string of the molecule is CC(C)(C)CC(C)(C)OC(=O)C(C)(C)CC(C)(C)OC(C)(C)CC(C)(C)C. The van der Waals surface area contributed by atoms with Gasteiger partial charge in [0.05, 0.1) is 16.6 Å². The fraction of sp³-hybridized carbons (Fsp3) is 0.958. The topological polar surface area (TPSA) is 35.5 Å². The molecule has 0 atom stereocenters. The van der Waals surface area contributed by atoms with Gasteiger partial charge in [-0.05, 0) is 85.5 Å². The second kappa shape index (κ2) is 8.05. The summed E-state index contributed by atoms with van der Waals surface area (Å²) in [4.78, 5) is 13.0. The highest BCUT2D eigenvalue weighted by atomic mass is 16.6. The molecule has 0 aliphatic rings. The predicted molar refractivity (Wildman–Crippen MR) is 116 cm³/mol. The van der Waals surface area contributed by atoms with Crippen molar-refractivity contribution in [2.45, 2.75) is 133 Å². The second-order valence-electron chi connectivity index (χ2n) is 13.3. The first-order valence-corrected chi connectivity index (χ1v) is 10.4. The van der Waals surface area contributed by atoms with E-state index in [1.807, 2.05) is 27.7 Å². The van der Waals surface area contributed by atoms with Crippen molar-refractivity contribution in [3.63, 3.8) is 0 Å². The predicted octanol–water partition coefficient (Wildman–Crippen LogP) is 7.17. The van der Waals surface area contributed by atoms with Crippen LogP contribution >= 0.6 is 0 Å². The number of hydrogen-bond acceptors (Lipinski definition) is 3. The monoisotopic (exact) mass is 384 g/mol. The highest BCUT2D eigenvalue weighted by molar-refractivity contribution is 5.76. The van der Waals surface area contributed by atoms with Crippen LogP contribution in [-0.4, -0.2) is 22.8 Å². The number of carbonyl (C=O) groups is 1. The molecule has 0 aliphatic heterocycles. The van der Waals surface area contributed by atoms with Gasteiger partial charge in [-0.2, -0.15) is 0 Å². The van der Waals surface area contributed by atoms with Gasteiger partial charge in [-0.3, -0.25) is 4.79 Å². The summed E-state index contributed by atoms with van der Waals surface area (Å²) in [6.45, 7) is 29.5. The minimum Gasteiger partial charge on any atom is -0.459 e. The largest absolute Gasteiger partial charge is 0.459 e. The molecule has 0 aromatic carbocycles. The van der Waals surface area contributed by atoms with E-state index in [1.165, 1.54) is 0 Å². The van der Waals surface area contributed by atoms with Crippen LogP contribution in [0.2, 0.25) is 0 Å². The van der Waals surface area contributed by atoms with E-state index in [0.29, 0.717) is 6.42 Å². The number of rotatable bonds is 8. The van der Waals surface area contributed by atoms with E-state index in [2.05, 4.69) is 69.2 Å². The number of hydrogen-bond donors (Lipinski definition) is 0. The minimum absolute atomic E-state index is 0.104. The van der Waals surface area contributed by atoms with Gasteiger partial charge in [0.25, 0.3) is 0 Å². The Labute approximate surface area is 170 Å². The van der Waals surface area contributed by atoms with E-state index in [1.54, 1.807) is 0 Å². The van der Waals surface area contributed by atoms with E-state index >= 15 is 0 Å². The molecule has 0 unspecified atom stereocenters. The van der Waals surface area contributed by atoms with Crippen molar-refractivity contribution in [3.05, 3.63) is 0 Å². The first-order valence-electron chi connectivity index (χ1n) is 10.4. The third-order valence-corrected chi connectivity index (χ3v) is 4.25. The van der Waals surface area contributed by atoms with E-state index in [4.69, 9.17) is 9.47 Å². The third kappa shape index (κ3) is 11.8. The van der Waals surface area contributed by atoms with Gasteiger partial charge >= 0.3 is 5.97 Å². The van der Waals surface area contributed by atoms with Crippen LogP contribution in [0.3, 0.4) is 0 Å². The van der Waals surface area contributed by atoms with Crippen molar-refractivity contribution in [3.8, 4) is 0 Å². The molecule has 0 heterocycles. The van der Waals surface area contributed by atoms with Gasteiger partial charge in [-0.25, -0.2) is 0 Å². The molecule has 0 bridgehead atoms. The molecule has 0 aromatic heterocycles. The Morgan fingerprint density at radius 2 is 0.889 bits per heavy atom. The van der Waals surface area contributed by atoms with Crippen LogP contribution in [0.25, 0.3) is 0 Å². The fourth-order valence-corrected chi connectivity index (χ4v) is 4.94. The molecule has 0 aliphatic carbocycles. The van der Waals surface area contributed by atoms with Crippen LogP contribution in [0.5, 0.6) is 0 Å². The Hall–Kier alpha value is -0.570. The first-order chi connectivity index (χ1) is 11.5. The highest BCUT2D eigenvalue weighted by Gasteiger charge is 2.42.